The van der Waals surface area contributed by atoms with Crippen molar-refractivity contribution in [3.63, 3.8) is 0 Å². The van der Waals surface area contributed by atoms with Crippen molar-refractivity contribution >= 4 is 22.8 Å². The SMILES string of the molecule is CC(C)=c1ccc2c(c1C1=C(c3ccc(C)cc3C)C=CC1)[C]=c1ccccc1=2. The van der Waals surface area contributed by atoms with Crippen LogP contribution in [-0.4, -0.2) is 0 Å². The molecule has 141 valence electrons. The molecule has 0 saturated carbocycles. The van der Waals surface area contributed by atoms with E-state index < -0.39 is 0 Å². The molecule has 0 spiro atoms. The van der Waals surface area contributed by atoms with Crippen LogP contribution in [0.5, 0.6) is 0 Å². The van der Waals surface area contributed by atoms with Crippen LogP contribution in [0, 0.1) is 24.3 Å². The van der Waals surface area contributed by atoms with Crippen LogP contribution in [0.3, 0.4) is 0 Å². The fourth-order valence-electron chi connectivity index (χ4n) is 4.76. The maximum absolute atomic E-state index is 3.74. The molecule has 2 aliphatic rings. The third-order valence-corrected chi connectivity index (χ3v) is 6.13. The monoisotopic (exact) mass is 373 g/mol. The Balaban J connectivity index is 1.90. The standard InChI is InChI=1S/C29H25/c1-18(2)22-14-15-26-24-9-6-5-8-21(24)17-28(26)29(22)27-11-7-10-25(27)23-13-12-19(3)16-20(23)4/h5-10,12-16H,11H2,1-4H3. The Kier molecular flexibility index (Phi) is 4.17. The quantitative estimate of drug-likeness (QED) is 0.425. The third kappa shape index (κ3) is 2.83. The molecule has 0 unspecified atom stereocenters. The van der Waals surface area contributed by atoms with Crippen LogP contribution in [0.4, 0.5) is 0 Å². The Labute approximate surface area is 172 Å². The minimum atomic E-state index is 0.970. The Morgan fingerprint density at radius 1 is 0.897 bits per heavy atom. The first-order valence-electron chi connectivity index (χ1n) is 10.4. The smallest absolute Gasteiger partial charge is 0.000731 e. The Morgan fingerprint density at radius 3 is 2.52 bits per heavy atom. The molecule has 1 radical (unpaired) electrons. The van der Waals surface area contributed by atoms with E-state index in [1.807, 2.05) is 0 Å². The zero-order chi connectivity index (χ0) is 20.1. The Morgan fingerprint density at radius 2 is 1.72 bits per heavy atom. The molecule has 0 heteroatoms. The zero-order valence-corrected chi connectivity index (χ0v) is 17.6. The lowest BCUT2D eigenvalue weighted by Gasteiger charge is -2.15. The second kappa shape index (κ2) is 6.74. The highest BCUT2D eigenvalue weighted by Crippen LogP contribution is 2.37. The number of benzene rings is 3. The van der Waals surface area contributed by atoms with Crippen molar-refractivity contribution in [1.29, 1.82) is 0 Å². The fourth-order valence-corrected chi connectivity index (χ4v) is 4.76. The lowest BCUT2D eigenvalue weighted by molar-refractivity contribution is 1.34. The van der Waals surface area contributed by atoms with Gasteiger partial charge in [0, 0.05) is 0 Å². The van der Waals surface area contributed by atoms with E-state index in [-0.39, 0.29) is 0 Å². The van der Waals surface area contributed by atoms with Gasteiger partial charge in [-0.05, 0) is 94.5 Å². The molecular weight excluding hydrogens is 348 g/mol. The van der Waals surface area contributed by atoms with Crippen molar-refractivity contribution in [2.45, 2.75) is 34.1 Å². The topological polar surface area (TPSA) is 0 Å². The number of hydrogen-bond acceptors (Lipinski definition) is 0. The summed E-state index contributed by atoms with van der Waals surface area (Å²) < 4.78 is 0. The largest absolute Gasteiger partial charge is 0.0795 e. The molecule has 0 aromatic heterocycles. The summed E-state index contributed by atoms with van der Waals surface area (Å²) in [7, 11) is 0. The molecule has 3 aromatic carbocycles. The molecule has 0 nitrogen and oxygen atoms in total. The summed E-state index contributed by atoms with van der Waals surface area (Å²) in [5.74, 6) is 0. The van der Waals surface area contributed by atoms with E-state index in [1.54, 1.807) is 0 Å². The molecule has 0 heterocycles. The van der Waals surface area contributed by atoms with Gasteiger partial charge in [-0.2, -0.15) is 0 Å². The van der Waals surface area contributed by atoms with Crippen LogP contribution in [-0.2, 0) is 0 Å². The van der Waals surface area contributed by atoms with Crippen LogP contribution >= 0.6 is 0 Å². The Hall–Kier alpha value is -3.12. The molecule has 0 saturated heterocycles. The lowest BCUT2D eigenvalue weighted by Crippen LogP contribution is -2.13. The van der Waals surface area contributed by atoms with Crippen molar-refractivity contribution in [2.75, 3.05) is 0 Å². The van der Waals surface area contributed by atoms with Gasteiger partial charge in [0.1, 0.15) is 0 Å². The summed E-state index contributed by atoms with van der Waals surface area (Å²) in [4.78, 5) is 0. The van der Waals surface area contributed by atoms with Crippen molar-refractivity contribution in [3.8, 4) is 0 Å². The zero-order valence-electron chi connectivity index (χ0n) is 17.6. The minimum absolute atomic E-state index is 0.970. The number of rotatable bonds is 2. The van der Waals surface area contributed by atoms with E-state index in [9.17, 15) is 0 Å². The van der Waals surface area contributed by atoms with Gasteiger partial charge in [0.15, 0.2) is 0 Å². The van der Waals surface area contributed by atoms with E-state index in [2.05, 4.69) is 101 Å². The van der Waals surface area contributed by atoms with Crippen LogP contribution < -0.4 is 10.4 Å². The third-order valence-electron chi connectivity index (χ3n) is 6.13. The normalized spacial score (nSPS) is 14.1. The van der Waals surface area contributed by atoms with E-state index >= 15 is 0 Å². The summed E-state index contributed by atoms with van der Waals surface area (Å²) in [5.41, 5.74) is 10.7. The van der Waals surface area contributed by atoms with Gasteiger partial charge in [0.2, 0.25) is 0 Å². The van der Waals surface area contributed by atoms with Crippen molar-refractivity contribution < 1.29 is 0 Å². The van der Waals surface area contributed by atoms with E-state index in [4.69, 9.17) is 0 Å². The number of hydrogen-bond donors (Lipinski definition) is 0. The highest BCUT2D eigenvalue weighted by molar-refractivity contribution is 6.01. The van der Waals surface area contributed by atoms with E-state index in [0.717, 1.165) is 6.42 Å². The maximum Gasteiger partial charge on any atom is -0.000731 e. The fraction of sp³-hybridized carbons (Fsp3) is 0.172. The Bertz CT molecular complexity index is 1440. The van der Waals surface area contributed by atoms with Gasteiger partial charge < -0.3 is 0 Å². The summed E-state index contributed by atoms with van der Waals surface area (Å²) in [6, 6.07) is 20.0. The van der Waals surface area contributed by atoms with Gasteiger partial charge in [-0.1, -0.05) is 77.9 Å². The van der Waals surface area contributed by atoms with Crippen LogP contribution in [0.1, 0.15) is 48.1 Å². The van der Waals surface area contributed by atoms with Gasteiger partial charge in [0.25, 0.3) is 0 Å². The van der Waals surface area contributed by atoms with Gasteiger partial charge >= 0.3 is 0 Å². The van der Waals surface area contributed by atoms with Gasteiger partial charge in [-0.25, -0.2) is 0 Å². The minimum Gasteiger partial charge on any atom is -0.0795 e. The highest BCUT2D eigenvalue weighted by Gasteiger charge is 2.20. The molecule has 0 bridgehead atoms. The number of fused-ring (bicyclic) bond motifs is 2. The number of aryl methyl sites for hydroxylation is 2. The highest BCUT2D eigenvalue weighted by atomic mass is 14.2. The first-order chi connectivity index (χ1) is 14.0. The van der Waals surface area contributed by atoms with E-state index in [1.165, 1.54) is 65.4 Å². The van der Waals surface area contributed by atoms with Crippen LogP contribution in [0.15, 0.2) is 66.7 Å². The molecule has 2 aliphatic carbocycles. The predicted molar refractivity (Wildman–Crippen MR) is 124 cm³/mol. The first-order valence-corrected chi connectivity index (χ1v) is 10.4. The average molecular weight is 374 g/mol. The molecular formula is C29H25. The molecule has 0 N–H and O–H groups in total. The molecule has 0 fully saturated rings. The summed E-state index contributed by atoms with van der Waals surface area (Å²) in [6.45, 7) is 8.82. The van der Waals surface area contributed by atoms with Crippen molar-refractivity contribution in [1.82, 2.24) is 0 Å². The lowest BCUT2D eigenvalue weighted by atomic mass is 9.88. The molecule has 3 aromatic rings. The number of allylic oxidation sites excluding steroid dienone is 4. The van der Waals surface area contributed by atoms with Crippen LogP contribution in [0.2, 0.25) is 0 Å². The second-order valence-corrected chi connectivity index (χ2v) is 8.40. The van der Waals surface area contributed by atoms with E-state index in [0.29, 0.717) is 0 Å². The molecule has 0 aliphatic heterocycles. The summed E-state index contributed by atoms with van der Waals surface area (Å²) in [5, 5.41) is 5.14. The van der Waals surface area contributed by atoms with Gasteiger partial charge in [0.05, 0.1) is 0 Å². The summed E-state index contributed by atoms with van der Waals surface area (Å²) >= 11 is 0. The molecule has 5 rings (SSSR count). The molecule has 0 atom stereocenters. The molecule has 29 heavy (non-hydrogen) atoms. The molecule has 0 amide bonds. The van der Waals surface area contributed by atoms with Gasteiger partial charge in [-0.3, -0.25) is 0 Å². The predicted octanol–water partition coefficient (Wildman–Crippen LogP) is 5.67. The maximum atomic E-state index is 3.74. The van der Waals surface area contributed by atoms with Gasteiger partial charge in [-0.15, -0.1) is 0 Å². The first kappa shape index (κ1) is 17.9. The summed E-state index contributed by atoms with van der Waals surface area (Å²) in [6.07, 6.45) is 9.32. The van der Waals surface area contributed by atoms with Crippen LogP contribution in [0.25, 0.3) is 22.8 Å². The van der Waals surface area contributed by atoms with Crippen molar-refractivity contribution in [3.05, 3.63) is 115 Å². The van der Waals surface area contributed by atoms with Crippen molar-refractivity contribution in [2.24, 2.45) is 0 Å². The average Bonchev–Trinajstić information content (AvgIpc) is 3.31. The second-order valence-electron chi connectivity index (χ2n) is 8.40.